The molecule has 0 bridgehead atoms. The first-order chi connectivity index (χ1) is 10.5. The van der Waals surface area contributed by atoms with Crippen molar-refractivity contribution in [2.45, 2.75) is 0 Å². The van der Waals surface area contributed by atoms with Gasteiger partial charge in [-0.2, -0.15) is 5.10 Å². The van der Waals surface area contributed by atoms with Crippen molar-refractivity contribution >= 4 is 29.2 Å². The smallest absolute Gasteiger partial charge is 0.358 e. The van der Waals surface area contributed by atoms with Gasteiger partial charge in [-0.05, 0) is 18.2 Å². The summed E-state index contributed by atoms with van der Waals surface area (Å²) in [5.41, 5.74) is 0.618. The molecule has 0 aliphatic heterocycles. The highest BCUT2D eigenvalue weighted by molar-refractivity contribution is 6.31. The average Bonchev–Trinajstić information content (AvgIpc) is 2.87. The number of carbonyl (C=O) groups excluding carboxylic acids is 2. The second-order valence-corrected chi connectivity index (χ2v) is 4.76. The molecule has 0 spiro atoms. The van der Waals surface area contributed by atoms with Crippen LogP contribution in [0.4, 0.5) is 5.69 Å². The quantitative estimate of drug-likeness (QED) is 0.871. The van der Waals surface area contributed by atoms with Gasteiger partial charge in [0, 0.05) is 12.1 Å². The summed E-state index contributed by atoms with van der Waals surface area (Å²) in [7, 11) is 4.27. The van der Waals surface area contributed by atoms with E-state index in [1.54, 1.807) is 19.2 Å². The standard InChI is InChI=1S/C14H14ClN3O4/c1-18-12(14(20)22-3)10(7-16-18)17-13(19)9-6-8(15)4-5-11(9)21-2/h4-7H,1-3H3,(H,17,19). The van der Waals surface area contributed by atoms with Crippen molar-refractivity contribution in [2.75, 3.05) is 19.5 Å². The molecule has 0 saturated heterocycles. The lowest BCUT2D eigenvalue weighted by molar-refractivity contribution is 0.0589. The maximum Gasteiger partial charge on any atom is 0.358 e. The Morgan fingerprint density at radius 3 is 2.68 bits per heavy atom. The predicted molar refractivity (Wildman–Crippen MR) is 80.5 cm³/mol. The monoisotopic (exact) mass is 323 g/mol. The molecule has 1 heterocycles. The number of benzene rings is 1. The number of aromatic nitrogens is 2. The van der Waals surface area contributed by atoms with Gasteiger partial charge in [0.25, 0.3) is 5.91 Å². The van der Waals surface area contributed by atoms with Gasteiger partial charge in [0.1, 0.15) is 5.75 Å². The van der Waals surface area contributed by atoms with Crippen LogP contribution in [0.25, 0.3) is 0 Å². The van der Waals surface area contributed by atoms with Crippen LogP contribution < -0.4 is 10.1 Å². The van der Waals surface area contributed by atoms with Gasteiger partial charge in [-0.15, -0.1) is 0 Å². The Kier molecular flexibility index (Phi) is 4.67. The van der Waals surface area contributed by atoms with Crippen molar-refractivity contribution in [3.8, 4) is 5.75 Å². The van der Waals surface area contributed by atoms with E-state index in [-0.39, 0.29) is 16.9 Å². The van der Waals surface area contributed by atoms with E-state index >= 15 is 0 Å². The molecule has 0 saturated carbocycles. The molecule has 0 aliphatic rings. The van der Waals surface area contributed by atoms with E-state index in [1.165, 1.54) is 31.2 Å². The number of aryl methyl sites for hydroxylation is 1. The molecular weight excluding hydrogens is 310 g/mol. The number of carbonyl (C=O) groups is 2. The average molecular weight is 324 g/mol. The number of hydrogen-bond donors (Lipinski definition) is 1. The minimum atomic E-state index is -0.603. The number of nitrogens with one attached hydrogen (secondary N) is 1. The Morgan fingerprint density at radius 1 is 1.32 bits per heavy atom. The Balaban J connectivity index is 2.34. The topological polar surface area (TPSA) is 82.4 Å². The summed E-state index contributed by atoms with van der Waals surface area (Å²) in [4.78, 5) is 24.1. The van der Waals surface area contributed by atoms with Gasteiger partial charge < -0.3 is 14.8 Å². The normalized spacial score (nSPS) is 10.2. The number of halogens is 1. The molecule has 0 aliphatic carbocycles. The maximum absolute atomic E-state index is 12.4. The number of nitrogens with zero attached hydrogens (tertiary/aromatic N) is 2. The highest BCUT2D eigenvalue weighted by Crippen LogP contribution is 2.24. The van der Waals surface area contributed by atoms with Crippen LogP contribution in [0, 0.1) is 0 Å². The van der Waals surface area contributed by atoms with E-state index in [1.807, 2.05) is 0 Å². The fraction of sp³-hybridized carbons (Fsp3) is 0.214. The summed E-state index contributed by atoms with van der Waals surface area (Å²) >= 11 is 5.90. The second kappa shape index (κ2) is 6.48. The van der Waals surface area contributed by atoms with E-state index in [9.17, 15) is 9.59 Å². The predicted octanol–water partition coefficient (Wildman–Crippen LogP) is 2.12. The van der Waals surface area contributed by atoms with Crippen molar-refractivity contribution in [3.63, 3.8) is 0 Å². The van der Waals surface area contributed by atoms with E-state index in [2.05, 4.69) is 15.2 Å². The summed E-state index contributed by atoms with van der Waals surface area (Å²) in [6, 6.07) is 4.67. The number of hydrogen-bond acceptors (Lipinski definition) is 5. The molecule has 1 N–H and O–H groups in total. The third-order valence-electron chi connectivity index (χ3n) is 2.97. The third kappa shape index (κ3) is 3.04. The number of rotatable bonds is 4. The molecule has 2 rings (SSSR count). The summed E-state index contributed by atoms with van der Waals surface area (Å²) < 4.78 is 11.1. The van der Waals surface area contributed by atoms with Crippen LogP contribution in [0.3, 0.4) is 0 Å². The van der Waals surface area contributed by atoms with Crippen LogP contribution in [-0.4, -0.2) is 35.9 Å². The first-order valence-corrected chi connectivity index (χ1v) is 6.61. The Bertz CT molecular complexity index is 727. The van der Waals surface area contributed by atoms with Crippen molar-refractivity contribution in [1.82, 2.24) is 9.78 Å². The van der Waals surface area contributed by atoms with Crippen LogP contribution in [0.1, 0.15) is 20.8 Å². The molecule has 116 valence electrons. The number of ether oxygens (including phenoxy) is 2. The van der Waals surface area contributed by atoms with E-state index < -0.39 is 11.9 Å². The van der Waals surface area contributed by atoms with E-state index in [0.717, 1.165) is 0 Å². The molecule has 2 aromatic rings. The Morgan fingerprint density at radius 2 is 2.05 bits per heavy atom. The van der Waals surface area contributed by atoms with Crippen molar-refractivity contribution in [3.05, 3.63) is 40.7 Å². The molecule has 0 atom stereocenters. The van der Waals surface area contributed by atoms with Gasteiger partial charge >= 0.3 is 5.97 Å². The van der Waals surface area contributed by atoms with Crippen molar-refractivity contribution in [1.29, 1.82) is 0 Å². The van der Waals surface area contributed by atoms with Gasteiger partial charge in [-0.3, -0.25) is 9.48 Å². The highest BCUT2D eigenvalue weighted by Gasteiger charge is 2.21. The third-order valence-corrected chi connectivity index (χ3v) is 3.21. The Hall–Kier alpha value is -2.54. The molecule has 0 unspecified atom stereocenters. The molecular formula is C14H14ClN3O4. The highest BCUT2D eigenvalue weighted by atomic mass is 35.5. The van der Waals surface area contributed by atoms with Crippen LogP contribution in [-0.2, 0) is 11.8 Å². The largest absolute Gasteiger partial charge is 0.496 e. The van der Waals surface area contributed by atoms with Gasteiger partial charge in [0.2, 0.25) is 0 Å². The first kappa shape index (κ1) is 15.8. The lowest BCUT2D eigenvalue weighted by Gasteiger charge is -2.10. The van der Waals surface area contributed by atoms with Crippen LogP contribution in [0.15, 0.2) is 24.4 Å². The summed E-state index contributed by atoms with van der Waals surface area (Å²) in [5.74, 6) is -0.712. The lowest BCUT2D eigenvalue weighted by Crippen LogP contribution is -2.17. The first-order valence-electron chi connectivity index (χ1n) is 6.23. The number of amides is 1. The zero-order valence-electron chi connectivity index (χ0n) is 12.2. The SMILES string of the molecule is COC(=O)c1c(NC(=O)c2cc(Cl)ccc2OC)cnn1C. The number of anilines is 1. The minimum Gasteiger partial charge on any atom is -0.496 e. The second-order valence-electron chi connectivity index (χ2n) is 4.32. The van der Waals surface area contributed by atoms with E-state index in [4.69, 9.17) is 16.3 Å². The summed E-state index contributed by atoms with van der Waals surface area (Å²) in [5, 5.41) is 6.93. The summed E-state index contributed by atoms with van der Waals surface area (Å²) in [6.07, 6.45) is 1.36. The van der Waals surface area contributed by atoms with E-state index in [0.29, 0.717) is 10.8 Å². The van der Waals surface area contributed by atoms with Gasteiger partial charge in [-0.1, -0.05) is 11.6 Å². The molecule has 0 radical (unpaired) electrons. The molecule has 22 heavy (non-hydrogen) atoms. The lowest BCUT2D eigenvalue weighted by atomic mass is 10.2. The molecule has 1 aromatic heterocycles. The fourth-order valence-electron chi connectivity index (χ4n) is 1.92. The molecule has 8 heteroatoms. The van der Waals surface area contributed by atoms with Gasteiger partial charge in [0.15, 0.2) is 5.69 Å². The van der Waals surface area contributed by atoms with Gasteiger partial charge in [-0.25, -0.2) is 4.79 Å². The molecule has 7 nitrogen and oxygen atoms in total. The van der Waals surface area contributed by atoms with Crippen LogP contribution in [0.2, 0.25) is 5.02 Å². The van der Waals surface area contributed by atoms with Crippen LogP contribution in [0.5, 0.6) is 5.75 Å². The Labute approximate surface area is 131 Å². The van der Waals surface area contributed by atoms with Crippen molar-refractivity contribution < 1.29 is 19.1 Å². The fourth-order valence-corrected chi connectivity index (χ4v) is 2.09. The van der Waals surface area contributed by atoms with Crippen LogP contribution >= 0.6 is 11.6 Å². The molecule has 1 amide bonds. The zero-order chi connectivity index (χ0) is 16.3. The zero-order valence-corrected chi connectivity index (χ0v) is 13.0. The number of methoxy groups -OCH3 is 2. The van der Waals surface area contributed by atoms with Crippen molar-refractivity contribution in [2.24, 2.45) is 7.05 Å². The van der Waals surface area contributed by atoms with Gasteiger partial charge in [0.05, 0.1) is 31.7 Å². The minimum absolute atomic E-state index is 0.136. The molecule has 1 aromatic carbocycles. The number of esters is 1. The maximum atomic E-state index is 12.4. The summed E-state index contributed by atoms with van der Waals surface area (Å²) in [6.45, 7) is 0. The molecule has 0 fully saturated rings.